The van der Waals surface area contributed by atoms with Crippen LogP contribution in [0.25, 0.3) is 0 Å². The number of ether oxygens (including phenoxy) is 4. The van der Waals surface area contributed by atoms with Crippen molar-refractivity contribution < 1.29 is 24.1 Å². The minimum Gasteiger partial charge on any atom is -0.497 e. The first-order valence-corrected chi connectivity index (χ1v) is 12.6. The molecule has 0 spiro atoms. The van der Waals surface area contributed by atoms with E-state index in [4.69, 9.17) is 18.9 Å². The van der Waals surface area contributed by atoms with Crippen LogP contribution in [0.15, 0.2) is 101 Å². The molecule has 0 amide bonds. The van der Waals surface area contributed by atoms with Gasteiger partial charge in [-0.25, -0.2) is 4.79 Å². The van der Waals surface area contributed by atoms with Gasteiger partial charge in [-0.2, -0.15) is 0 Å². The number of aliphatic hydroxyl groups is 1. The molecule has 1 fully saturated rings. The summed E-state index contributed by atoms with van der Waals surface area (Å²) < 4.78 is 24.9. The molecule has 39 heavy (non-hydrogen) atoms. The second-order valence-corrected chi connectivity index (χ2v) is 9.26. The lowest BCUT2D eigenvalue weighted by atomic mass is 9.80. The number of nitrogens with zero attached hydrogens (tertiary/aromatic N) is 1. The van der Waals surface area contributed by atoms with Crippen LogP contribution in [0.2, 0.25) is 0 Å². The van der Waals surface area contributed by atoms with Crippen molar-refractivity contribution in [1.29, 1.82) is 0 Å². The van der Waals surface area contributed by atoms with Gasteiger partial charge >= 0.3 is 5.69 Å². The molecule has 2 N–H and O–H groups in total. The largest absolute Gasteiger partial charge is 0.497 e. The SMILES string of the molecule is COc1ccc(C(OC[C@H]2O[C@@H](n3ccc(=O)[nH]c3=O)C[C@H]2O)(c2ccccc2)c2ccc(OC)cc2)cc1. The summed E-state index contributed by atoms with van der Waals surface area (Å²) >= 11 is 0. The van der Waals surface area contributed by atoms with Crippen molar-refractivity contribution in [3.05, 3.63) is 129 Å². The predicted molar refractivity (Wildman–Crippen MR) is 144 cm³/mol. The summed E-state index contributed by atoms with van der Waals surface area (Å²) in [5.41, 5.74) is 0.399. The van der Waals surface area contributed by atoms with Gasteiger partial charge in [0.25, 0.3) is 5.56 Å². The molecule has 4 aromatic rings. The summed E-state index contributed by atoms with van der Waals surface area (Å²) in [4.78, 5) is 26.0. The van der Waals surface area contributed by atoms with Crippen LogP contribution < -0.4 is 20.7 Å². The first kappa shape index (κ1) is 26.4. The van der Waals surface area contributed by atoms with Gasteiger partial charge in [-0.15, -0.1) is 0 Å². The summed E-state index contributed by atoms with van der Waals surface area (Å²) in [5, 5.41) is 10.9. The first-order valence-electron chi connectivity index (χ1n) is 12.6. The number of benzene rings is 3. The molecule has 2 heterocycles. The third kappa shape index (κ3) is 5.24. The highest BCUT2D eigenvalue weighted by Crippen LogP contribution is 2.42. The highest BCUT2D eigenvalue weighted by atomic mass is 16.6. The normalized spacial score (nSPS) is 19.1. The van der Waals surface area contributed by atoms with Crippen molar-refractivity contribution in [2.24, 2.45) is 0 Å². The molecule has 5 rings (SSSR count). The molecule has 0 aliphatic carbocycles. The highest BCUT2D eigenvalue weighted by molar-refractivity contribution is 5.49. The van der Waals surface area contributed by atoms with E-state index in [0.717, 1.165) is 16.7 Å². The quantitative estimate of drug-likeness (QED) is 0.320. The standard InChI is InChI=1S/C30H30N2O7/c1-36-23-12-8-21(9-13-23)30(20-6-4-3-5-7-20,22-10-14-24(37-2)15-11-22)38-19-26-25(33)18-28(39-26)32-17-16-27(34)31-29(32)35/h3-17,25-26,28,33H,18-19H2,1-2H3,(H,31,34,35)/t25-,26-,28-/m1/s1. The molecule has 0 bridgehead atoms. The van der Waals surface area contributed by atoms with Gasteiger partial charge in [0.1, 0.15) is 29.4 Å². The molecule has 0 radical (unpaired) electrons. The predicted octanol–water partition coefficient (Wildman–Crippen LogP) is 3.21. The smallest absolute Gasteiger partial charge is 0.330 e. The molecule has 3 aromatic carbocycles. The van der Waals surface area contributed by atoms with E-state index in [0.29, 0.717) is 11.5 Å². The van der Waals surface area contributed by atoms with Crippen molar-refractivity contribution in [2.45, 2.75) is 30.5 Å². The van der Waals surface area contributed by atoms with Crippen molar-refractivity contribution in [3.63, 3.8) is 0 Å². The lowest BCUT2D eigenvalue weighted by Gasteiger charge is -2.37. The van der Waals surface area contributed by atoms with Crippen LogP contribution in [0.4, 0.5) is 0 Å². The first-order chi connectivity index (χ1) is 18.9. The maximum absolute atomic E-state index is 12.3. The Morgan fingerprint density at radius 1 is 0.872 bits per heavy atom. The van der Waals surface area contributed by atoms with Crippen molar-refractivity contribution in [2.75, 3.05) is 20.8 Å². The fourth-order valence-corrected chi connectivity index (χ4v) is 4.97. The molecule has 1 aliphatic rings. The summed E-state index contributed by atoms with van der Waals surface area (Å²) in [6.07, 6.45) is -0.831. The maximum Gasteiger partial charge on any atom is 0.330 e. The van der Waals surface area contributed by atoms with Crippen molar-refractivity contribution >= 4 is 0 Å². The van der Waals surface area contributed by atoms with Crippen LogP contribution in [0, 0.1) is 0 Å². The number of hydrogen-bond donors (Lipinski definition) is 2. The zero-order chi connectivity index (χ0) is 27.4. The van der Waals surface area contributed by atoms with Gasteiger partial charge in [0.2, 0.25) is 0 Å². The molecule has 3 atom stereocenters. The average molecular weight is 531 g/mol. The number of rotatable bonds is 9. The minimum atomic E-state index is -1.07. The van der Waals surface area contributed by atoms with Crippen LogP contribution in [0.1, 0.15) is 29.3 Å². The van der Waals surface area contributed by atoms with E-state index >= 15 is 0 Å². The number of aromatic nitrogens is 2. The van der Waals surface area contributed by atoms with Gasteiger partial charge < -0.3 is 24.1 Å². The van der Waals surface area contributed by atoms with Crippen LogP contribution in [0.3, 0.4) is 0 Å². The molecule has 0 saturated carbocycles. The highest BCUT2D eigenvalue weighted by Gasteiger charge is 2.42. The molecule has 1 aromatic heterocycles. The topological polar surface area (TPSA) is 112 Å². The second-order valence-electron chi connectivity index (χ2n) is 9.26. The Labute approximate surface area is 225 Å². The minimum absolute atomic E-state index is 0.0166. The van der Waals surface area contributed by atoms with E-state index in [-0.39, 0.29) is 13.0 Å². The zero-order valence-electron chi connectivity index (χ0n) is 21.7. The van der Waals surface area contributed by atoms with Crippen LogP contribution in [-0.2, 0) is 15.1 Å². The lowest BCUT2D eigenvalue weighted by molar-refractivity contribution is -0.0944. The molecule has 9 heteroatoms. The Balaban J connectivity index is 1.54. The summed E-state index contributed by atoms with van der Waals surface area (Å²) in [6, 6.07) is 26.3. The Hall–Kier alpha value is -4.18. The Morgan fingerprint density at radius 3 is 1.97 bits per heavy atom. The zero-order valence-corrected chi connectivity index (χ0v) is 21.7. The van der Waals surface area contributed by atoms with E-state index in [1.807, 2.05) is 78.9 Å². The van der Waals surface area contributed by atoms with Gasteiger partial charge in [0.05, 0.1) is 26.9 Å². The maximum atomic E-state index is 12.3. The molecule has 0 unspecified atom stereocenters. The number of nitrogens with one attached hydrogen (secondary N) is 1. The lowest BCUT2D eigenvalue weighted by Crippen LogP contribution is -2.38. The number of hydrogen-bond acceptors (Lipinski definition) is 7. The Bertz CT molecular complexity index is 1450. The fraction of sp³-hybridized carbons (Fsp3) is 0.267. The van der Waals surface area contributed by atoms with Gasteiger partial charge in [0.15, 0.2) is 0 Å². The fourth-order valence-electron chi connectivity index (χ4n) is 4.97. The van der Waals surface area contributed by atoms with E-state index in [2.05, 4.69) is 4.98 Å². The van der Waals surface area contributed by atoms with Gasteiger partial charge in [-0.05, 0) is 41.0 Å². The van der Waals surface area contributed by atoms with Crippen molar-refractivity contribution in [3.8, 4) is 11.5 Å². The third-order valence-corrected chi connectivity index (χ3v) is 7.00. The molecule has 9 nitrogen and oxygen atoms in total. The molecule has 1 saturated heterocycles. The second kappa shape index (κ2) is 11.3. The summed E-state index contributed by atoms with van der Waals surface area (Å²) in [5.74, 6) is 1.42. The Morgan fingerprint density at radius 2 is 1.44 bits per heavy atom. The molecular weight excluding hydrogens is 500 g/mol. The molecule has 1 aliphatic heterocycles. The number of methoxy groups -OCH3 is 2. The number of aliphatic hydroxyl groups excluding tert-OH is 1. The van der Waals surface area contributed by atoms with E-state index in [9.17, 15) is 14.7 Å². The number of aromatic amines is 1. The monoisotopic (exact) mass is 530 g/mol. The van der Waals surface area contributed by atoms with Crippen LogP contribution in [0.5, 0.6) is 11.5 Å². The average Bonchev–Trinajstić information content (AvgIpc) is 3.34. The Kier molecular flexibility index (Phi) is 7.65. The van der Waals surface area contributed by atoms with E-state index in [1.165, 1.54) is 16.8 Å². The molecular formula is C30H30N2O7. The number of H-pyrrole nitrogens is 1. The van der Waals surface area contributed by atoms with Crippen LogP contribution >= 0.6 is 0 Å². The van der Waals surface area contributed by atoms with Gasteiger partial charge in [-0.3, -0.25) is 14.3 Å². The molecule has 202 valence electrons. The van der Waals surface area contributed by atoms with E-state index in [1.54, 1.807) is 14.2 Å². The van der Waals surface area contributed by atoms with Gasteiger partial charge in [-0.1, -0.05) is 54.6 Å². The summed E-state index contributed by atoms with van der Waals surface area (Å²) in [6.45, 7) is 0.0166. The van der Waals surface area contributed by atoms with Gasteiger partial charge in [0, 0.05) is 18.7 Å². The third-order valence-electron chi connectivity index (χ3n) is 7.00. The van der Waals surface area contributed by atoms with Crippen LogP contribution in [-0.4, -0.2) is 47.7 Å². The summed E-state index contributed by atoms with van der Waals surface area (Å²) in [7, 11) is 3.23. The van der Waals surface area contributed by atoms with Crippen molar-refractivity contribution in [1.82, 2.24) is 9.55 Å². The van der Waals surface area contributed by atoms with E-state index < -0.39 is 35.3 Å².